The number of hydrogen-bond acceptors (Lipinski definition) is 7. The fourth-order valence-corrected chi connectivity index (χ4v) is 4.31. The summed E-state index contributed by atoms with van der Waals surface area (Å²) in [6.45, 7) is 3.86. The average Bonchev–Trinajstić information content (AvgIpc) is 2.88. The molecule has 1 saturated heterocycles. The predicted molar refractivity (Wildman–Crippen MR) is 95.7 cm³/mol. The topological polar surface area (TPSA) is 114 Å². The molecule has 3 rings (SSSR count). The number of carbonyl (C=O) groups excluding carboxylic acids is 2. The van der Waals surface area contributed by atoms with Crippen molar-refractivity contribution in [2.75, 3.05) is 26.2 Å². The lowest BCUT2D eigenvalue weighted by atomic mass is 10.2. The molecule has 0 radical (unpaired) electrons. The van der Waals surface area contributed by atoms with Crippen molar-refractivity contribution < 1.29 is 27.5 Å². The second-order valence-electron chi connectivity index (χ2n) is 6.48. The Kier molecular flexibility index (Phi) is 5.47. The molecule has 9 nitrogen and oxygen atoms in total. The molecule has 27 heavy (non-hydrogen) atoms. The number of amidine groups is 1. The molecule has 1 aromatic rings. The normalized spacial score (nSPS) is 25.0. The summed E-state index contributed by atoms with van der Waals surface area (Å²) in [6, 6.07) is 6.34. The number of rotatable bonds is 4. The lowest BCUT2D eigenvalue weighted by molar-refractivity contribution is -0.156. The molecular formula is C17H21N3O6S. The van der Waals surface area contributed by atoms with Gasteiger partial charge < -0.3 is 14.4 Å². The van der Waals surface area contributed by atoms with Crippen molar-refractivity contribution in [1.82, 2.24) is 9.62 Å². The fourth-order valence-electron chi connectivity index (χ4n) is 3.06. The van der Waals surface area contributed by atoms with Gasteiger partial charge in [0.2, 0.25) is 0 Å². The van der Waals surface area contributed by atoms with Gasteiger partial charge in [-0.05, 0) is 26.0 Å². The number of carbonyl (C=O) groups is 2. The van der Waals surface area contributed by atoms with E-state index in [2.05, 4.69) is 9.71 Å². The Balaban J connectivity index is 1.55. The second-order valence-corrected chi connectivity index (χ2v) is 8.13. The van der Waals surface area contributed by atoms with Crippen LogP contribution in [0.2, 0.25) is 0 Å². The number of fused-ring (bicyclic) bond motifs is 1. The summed E-state index contributed by atoms with van der Waals surface area (Å²) in [6.07, 6.45) is -0.148. The summed E-state index contributed by atoms with van der Waals surface area (Å²) in [5, 5.41) is 0. The molecule has 0 spiro atoms. The van der Waals surface area contributed by atoms with E-state index in [-0.39, 0.29) is 35.5 Å². The van der Waals surface area contributed by atoms with Gasteiger partial charge in [-0.3, -0.25) is 19.3 Å². The summed E-state index contributed by atoms with van der Waals surface area (Å²) in [7, 11) is -3.66. The van der Waals surface area contributed by atoms with Crippen LogP contribution in [0, 0.1) is 0 Å². The van der Waals surface area contributed by atoms with E-state index in [1.807, 2.05) is 13.8 Å². The van der Waals surface area contributed by atoms with Gasteiger partial charge in [0.25, 0.3) is 15.9 Å². The maximum Gasteiger partial charge on any atom is 0.328 e. The van der Waals surface area contributed by atoms with Crippen molar-refractivity contribution in [3.05, 3.63) is 29.8 Å². The highest BCUT2D eigenvalue weighted by Crippen LogP contribution is 2.22. The Labute approximate surface area is 157 Å². The molecule has 2 heterocycles. The third kappa shape index (κ3) is 4.45. The van der Waals surface area contributed by atoms with Gasteiger partial charge >= 0.3 is 5.97 Å². The van der Waals surface area contributed by atoms with Crippen LogP contribution in [0.25, 0.3) is 0 Å². The minimum absolute atomic E-state index is 0.0738. The van der Waals surface area contributed by atoms with Gasteiger partial charge in [-0.1, -0.05) is 12.1 Å². The van der Waals surface area contributed by atoms with Crippen LogP contribution in [0.15, 0.2) is 34.2 Å². The zero-order valence-electron chi connectivity index (χ0n) is 15.0. The van der Waals surface area contributed by atoms with Crippen molar-refractivity contribution in [2.45, 2.75) is 31.0 Å². The Morgan fingerprint density at radius 3 is 2.63 bits per heavy atom. The molecular weight excluding hydrogens is 374 g/mol. The standard InChI is InChI=1S/C17H21N3O6S/c1-11-8-20(9-12(2)26-11)15(21)10-25-16(22)7-18-17-13-5-3-4-6-14(13)27(23,24)19-17/h3-6,11-12H,7-10H2,1-2H3,(H,18,19)/t11-,12-/m1/s1. The van der Waals surface area contributed by atoms with E-state index >= 15 is 0 Å². The van der Waals surface area contributed by atoms with Crippen LogP contribution in [0.3, 0.4) is 0 Å². The molecule has 146 valence electrons. The molecule has 2 aliphatic rings. The number of benzene rings is 1. The Morgan fingerprint density at radius 1 is 1.26 bits per heavy atom. The largest absolute Gasteiger partial charge is 0.454 e. The lowest BCUT2D eigenvalue weighted by Gasteiger charge is -2.35. The minimum atomic E-state index is -3.66. The van der Waals surface area contributed by atoms with E-state index in [0.717, 1.165) is 0 Å². The molecule has 10 heteroatoms. The van der Waals surface area contributed by atoms with E-state index in [4.69, 9.17) is 9.47 Å². The van der Waals surface area contributed by atoms with E-state index in [9.17, 15) is 18.0 Å². The third-order valence-corrected chi connectivity index (χ3v) is 5.56. The average molecular weight is 395 g/mol. The van der Waals surface area contributed by atoms with Gasteiger partial charge in [0, 0.05) is 18.7 Å². The number of morpholine rings is 1. The molecule has 1 N–H and O–H groups in total. The van der Waals surface area contributed by atoms with E-state index in [1.165, 1.54) is 6.07 Å². The second kappa shape index (κ2) is 7.65. The molecule has 0 aromatic heterocycles. The molecule has 0 saturated carbocycles. The van der Waals surface area contributed by atoms with Crippen molar-refractivity contribution in [1.29, 1.82) is 0 Å². The number of sulfonamides is 1. The first-order valence-corrected chi connectivity index (χ1v) is 10.00. The van der Waals surface area contributed by atoms with Crippen LogP contribution in [-0.2, 0) is 29.1 Å². The lowest BCUT2D eigenvalue weighted by Crippen LogP contribution is -2.49. The van der Waals surface area contributed by atoms with Crippen molar-refractivity contribution >= 4 is 27.7 Å². The van der Waals surface area contributed by atoms with Gasteiger partial charge in [-0.25, -0.2) is 8.42 Å². The zero-order valence-corrected chi connectivity index (χ0v) is 15.9. The van der Waals surface area contributed by atoms with Crippen LogP contribution in [0.5, 0.6) is 0 Å². The highest BCUT2D eigenvalue weighted by Gasteiger charge is 2.30. The maximum atomic E-state index is 12.2. The maximum absolute atomic E-state index is 12.2. The number of aliphatic imine (C=N–C) groups is 1. The van der Waals surface area contributed by atoms with Gasteiger partial charge in [-0.2, -0.15) is 0 Å². The van der Waals surface area contributed by atoms with Gasteiger partial charge in [0.05, 0.1) is 17.1 Å². The van der Waals surface area contributed by atoms with Gasteiger partial charge in [0.15, 0.2) is 6.61 Å². The SMILES string of the molecule is C[C@@H]1CN(C(=O)COC(=O)CN=C2NS(=O)(=O)c3ccccc32)C[C@@H](C)O1. The quantitative estimate of drug-likeness (QED) is 0.713. The van der Waals surface area contributed by atoms with E-state index < -0.39 is 22.5 Å². The molecule has 1 fully saturated rings. The molecule has 0 bridgehead atoms. The van der Waals surface area contributed by atoms with Crippen molar-refractivity contribution in [3.63, 3.8) is 0 Å². The van der Waals surface area contributed by atoms with E-state index in [0.29, 0.717) is 18.7 Å². The number of amides is 1. The summed E-state index contributed by atoms with van der Waals surface area (Å²) >= 11 is 0. The first-order chi connectivity index (χ1) is 12.8. The summed E-state index contributed by atoms with van der Waals surface area (Å²) in [4.78, 5) is 29.7. The van der Waals surface area contributed by atoms with Crippen LogP contribution in [-0.4, -0.2) is 69.5 Å². The smallest absolute Gasteiger partial charge is 0.328 e. The summed E-state index contributed by atoms with van der Waals surface area (Å²) in [5.74, 6) is -0.927. The molecule has 2 atom stereocenters. The van der Waals surface area contributed by atoms with Crippen molar-refractivity contribution in [3.8, 4) is 0 Å². The number of nitrogens with zero attached hydrogens (tertiary/aromatic N) is 2. The third-order valence-electron chi connectivity index (χ3n) is 4.16. The number of ether oxygens (including phenoxy) is 2. The zero-order chi connectivity index (χ0) is 19.6. The predicted octanol–water partition coefficient (Wildman–Crippen LogP) is -0.0959. The molecule has 1 amide bonds. The van der Waals surface area contributed by atoms with Crippen LogP contribution in [0.1, 0.15) is 19.4 Å². The Bertz CT molecular complexity index is 872. The molecule has 0 aliphatic carbocycles. The minimum Gasteiger partial charge on any atom is -0.454 e. The summed E-state index contributed by atoms with van der Waals surface area (Å²) < 4.78 is 36.8. The first-order valence-electron chi connectivity index (χ1n) is 8.52. The summed E-state index contributed by atoms with van der Waals surface area (Å²) in [5.41, 5.74) is 0.401. The Hall–Kier alpha value is -2.46. The van der Waals surface area contributed by atoms with Crippen LogP contribution >= 0.6 is 0 Å². The highest BCUT2D eigenvalue weighted by atomic mass is 32.2. The first kappa shape index (κ1) is 19.3. The monoisotopic (exact) mass is 395 g/mol. The molecule has 0 unspecified atom stereocenters. The molecule has 2 aliphatic heterocycles. The number of nitrogens with one attached hydrogen (secondary N) is 1. The highest BCUT2D eigenvalue weighted by molar-refractivity contribution is 7.90. The van der Waals surface area contributed by atoms with Crippen LogP contribution < -0.4 is 4.72 Å². The van der Waals surface area contributed by atoms with E-state index in [1.54, 1.807) is 23.1 Å². The number of esters is 1. The number of hydrogen-bond donors (Lipinski definition) is 1. The van der Waals surface area contributed by atoms with Crippen LogP contribution in [0.4, 0.5) is 0 Å². The molecule has 1 aromatic carbocycles. The van der Waals surface area contributed by atoms with Gasteiger partial charge in [0.1, 0.15) is 12.4 Å². The van der Waals surface area contributed by atoms with Crippen molar-refractivity contribution in [2.24, 2.45) is 4.99 Å². The fraction of sp³-hybridized carbons (Fsp3) is 0.471. The Morgan fingerprint density at radius 2 is 1.93 bits per heavy atom. The van der Waals surface area contributed by atoms with Gasteiger partial charge in [-0.15, -0.1) is 0 Å².